The molecular formula is C18H20FN3O5S. The molecule has 2 amide bonds. The van der Waals surface area contributed by atoms with Crippen molar-refractivity contribution in [3.05, 3.63) is 54.2 Å². The van der Waals surface area contributed by atoms with Crippen molar-refractivity contribution in [2.24, 2.45) is 0 Å². The summed E-state index contributed by atoms with van der Waals surface area (Å²) in [5.41, 5.74) is 0. The van der Waals surface area contributed by atoms with E-state index >= 15 is 0 Å². The molecule has 0 spiro atoms. The van der Waals surface area contributed by atoms with Gasteiger partial charge in [0.1, 0.15) is 10.7 Å². The lowest BCUT2D eigenvalue weighted by Gasteiger charge is -2.35. The molecule has 2 aromatic rings. The summed E-state index contributed by atoms with van der Waals surface area (Å²) in [6.07, 6.45) is 1.41. The third kappa shape index (κ3) is 4.23. The van der Waals surface area contributed by atoms with Gasteiger partial charge in [0.2, 0.25) is 15.9 Å². The summed E-state index contributed by atoms with van der Waals surface area (Å²) in [4.78, 5) is 27.4. The van der Waals surface area contributed by atoms with Gasteiger partial charge in [0.15, 0.2) is 5.76 Å². The van der Waals surface area contributed by atoms with Gasteiger partial charge in [-0.05, 0) is 31.2 Å². The van der Waals surface area contributed by atoms with Crippen LogP contribution in [0.5, 0.6) is 0 Å². The molecular weight excluding hydrogens is 389 g/mol. The Labute approximate surface area is 162 Å². The zero-order valence-electron chi connectivity index (χ0n) is 15.2. The van der Waals surface area contributed by atoms with Gasteiger partial charge in [0, 0.05) is 26.2 Å². The van der Waals surface area contributed by atoms with Crippen molar-refractivity contribution >= 4 is 21.8 Å². The molecule has 1 fully saturated rings. The number of piperazine rings is 1. The molecule has 1 aliphatic heterocycles. The number of carbonyl (C=O) groups excluding carboxylic acids is 2. The van der Waals surface area contributed by atoms with E-state index in [-0.39, 0.29) is 24.8 Å². The summed E-state index contributed by atoms with van der Waals surface area (Å²) in [5.74, 6) is -1.36. The number of rotatable bonds is 5. The van der Waals surface area contributed by atoms with E-state index in [1.807, 2.05) is 0 Å². The minimum absolute atomic E-state index is 0.228. The zero-order valence-corrected chi connectivity index (χ0v) is 16.0. The molecule has 0 bridgehead atoms. The molecule has 2 heterocycles. The van der Waals surface area contributed by atoms with E-state index in [2.05, 4.69) is 4.72 Å². The standard InChI is InChI=1S/C18H20FN3O5S/c1-13(20-28(25,26)16-7-3-2-5-14(16)19)17(23)21-8-10-22(11-9-21)18(24)15-6-4-12-27-15/h2-7,12-13,20H,8-11H2,1H3/t13-/m0/s1. The van der Waals surface area contributed by atoms with Gasteiger partial charge in [-0.2, -0.15) is 4.72 Å². The van der Waals surface area contributed by atoms with Crippen LogP contribution in [0.15, 0.2) is 52.0 Å². The van der Waals surface area contributed by atoms with Gasteiger partial charge in [-0.15, -0.1) is 0 Å². The summed E-state index contributed by atoms with van der Waals surface area (Å²) in [7, 11) is -4.18. The van der Waals surface area contributed by atoms with Crippen molar-refractivity contribution in [2.45, 2.75) is 17.9 Å². The predicted molar refractivity (Wildman–Crippen MR) is 97.4 cm³/mol. The Bertz CT molecular complexity index is 953. The van der Waals surface area contributed by atoms with Gasteiger partial charge in [-0.1, -0.05) is 12.1 Å². The molecule has 0 unspecified atom stereocenters. The van der Waals surface area contributed by atoms with E-state index in [0.29, 0.717) is 13.1 Å². The lowest BCUT2D eigenvalue weighted by atomic mass is 10.2. The van der Waals surface area contributed by atoms with Gasteiger partial charge < -0.3 is 14.2 Å². The Hall–Kier alpha value is -2.72. The highest BCUT2D eigenvalue weighted by Crippen LogP contribution is 2.15. The minimum atomic E-state index is -4.18. The van der Waals surface area contributed by atoms with E-state index in [1.54, 1.807) is 17.0 Å². The summed E-state index contributed by atoms with van der Waals surface area (Å²) in [6, 6.07) is 7.07. The highest BCUT2D eigenvalue weighted by Gasteiger charge is 2.31. The van der Waals surface area contributed by atoms with Gasteiger partial charge >= 0.3 is 0 Å². The summed E-state index contributed by atoms with van der Waals surface area (Å²) in [5, 5.41) is 0. The maximum absolute atomic E-state index is 13.8. The number of nitrogens with one attached hydrogen (secondary N) is 1. The van der Waals surface area contributed by atoms with Crippen LogP contribution in [0.2, 0.25) is 0 Å². The molecule has 0 saturated carbocycles. The van der Waals surface area contributed by atoms with Crippen LogP contribution in [0.25, 0.3) is 0 Å². The summed E-state index contributed by atoms with van der Waals surface area (Å²) < 4.78 is 45.7. The fourth-order valence-corrected chi connectivity index (χ4v) is 4.24. The third-order valence-corrected chi connectivity index (χ3v) is 6.01. The van der Waals surface area contributed by atoms with Crippen molar-refractivity contribution in [1.82, 2.24) is 14.5 Å². The number of carbonyl (C=O) groups is 2. The maximum Gasteiger partial charge on any atom is 0.289 e. The van der Waals surface area contributed by atoms with Crippen LogP contribution in [0, 0.1) is 5.82 Å². The monoisotopic (exact) mass is 409 g/mol. The van der Waals surface area contributed by atoms with Crippen LogP contribution >= 0.6 is 0 Å². The summed E-state index contributed by atoms with van der Waals surface area (Å²) in [6.45, 7) is 2.53. The molecule has 0 radical (unpaired) electrons. The second-order valence-corrected chi connectivity index (χ2v) is 8.05. The first-order valence-corrected chi connectivity index (χ1v) is 10.2. The van der Waals surface area contributed by atoms with Gasteiger partial charge in [-0.3, -0.25) is 9.59 Å². The quantitative estimate of drug-likeness (QED) is 0.796. The van der Waals surface area contributed by atoms with Crippen LogP contribution in [-0.2, 0) is 14.8 Å². The molecule has 10 heteroatoms. The number of hydrogen-bond acceptors (Lipinski definition) is 5. The molecule has 1 aromatic heterocycles. The zero-order chi connectivity index (χ0) is 20.3. The van der Waals surface area contributed by atoms with Gasteiger partial charge in [0.25, 0.3) is 5.91 Å². The number of hydrogen-bond donors (Lipinski definition) is 1. The molecule has 1 saturated heterocycles. The highest BCUT2D eigenvalue weighted by atomic mass is 32.2. The van der Waals surface area contributed by atoms with Crippen molar-refractivity contribution < 1.29 is 26.8 Å². The molecule has 150 valence electrons. The molecule has 1 atom stereocenters. The molecule has 1 aromatic carbocycles. The number of halogens is 1. The van der Waals surface area contributed by atoms with Crippen LogP contribution in [0.1, 0.15) is 17.5 Å². The number of sulfonamides is 1. The average molecular weight is 409 g/mol. The smallest absolute Gasteiger partial charge is 0.289 e. The second-order valence-electron chi connectivity index (χ2n) is 6.37. The molecule has 3 rings (SSSR count). The highest BCUT2D eigenvalue weighted by molar-refractivity contribution is 7.89. The number of amides is 2. The minimum Gasteiger partial charge on any atom is -0.459 e. The Morgan fingerprint density at radius 3 is 2.32 bits per heavy atom. The molecule has 8 nitrogen and oxygen atoms in total. The van der Waals surface area contributed by atoms with Gasteiger partial charge in [0.05, 0.1) is 12.3 Å². The van der Waals surface area contributed by atoms with Crippen LogP contribution in [0.4, 0.5) is 4.39 Å². The lowest BCUT2D eigenvalue weighted by molar-refractivity contribution is -0.134. The van der Waals surface area contributed by atoms with E-state index in [1.165, 1.54) is 30.2 Å². The lowest BCUT2D eigenvalue weighted by Crippen LogP contribution is -2.55. The van der Waals surface area contributed by atoms with Crippen LogP contribution in [0.3, 0.4) is 0 Å². The number of nitrogens with zero attached hydrogens (tertiary/aromatic N) is 2. The van der Waals surface area contributed by atoms with Crippen molar-refractivity contribution in [3.8, 4) is 0 Å². The molecule has 28 heavy (non-hydrogen) atoms. The number of furan rings is 1. The van der Waals surface area contributed by atoms with Crippen molar-refractivity contribution in [2.75, 3.05) is 26.2 Å². The molecule has 1 N–H and O–H groups in total. The van der Waals surface area contributed by atoms with Crippen LogP contribution < -0.4 is 4.72 Å². The topological polar surface area (TPSA) is 99.9 Å². The maximum atomic E-state index is 13.8. The molecule has 0 aliphatic carbocycles. The average Bonchev–Trinajstić information content (AvgIpc) is 3.21. The molecule has 1 aliphatic rings. The van der Waals surface area contributed by atoms with Gasteiger partial charge in [-0.25, -0.2) is 12.8 Å². The number of benzene rings is 1. The second kappa shape index (κ2) is 8.11. The normalized spacial score (nSPS) is 16.1. The first-order valence-electron chi connectivity index (χ1n) is 8.68. The van der Waals surface area contributed by atoms with E-state index in [0.717, 1.165) is 12.1 Å². The Balaban J connectivity index is 1.59. The third-order valence-electron chi connectivity index (χ3n) is 4.44. The Kier molecular flexibility index (Phi) is 5.80. The fraction of sp³-hybridized carbons (Fsp3) is 0.333. The summed E-state index contributed by atoms with van der Waals surface area (Å²) >= 11 is 0. The van der Waals surface area contributed by atoms with E-state index < -0.39 is 32.7 Å². The van der Waals surface area contributed by atoms with Crippen molar-refractivity contribution in [3.63, 3.8) is 0 Å². The van der Waals surface area contributed by atoms with E-state index in [4.69, 9.17) is 4.42 Å². The first-order chi connectivity index (χ1) is 13.3. The van der Waals surface area contributed by atoms with E-state index in [9.17, 15) is 22.4 Å². The fourth-order valence-electron chi connectivity index (χ4n) is 2.97. The van der Waals surface area contributed by atoms with Crippen molar-refractivity contribution in [1.29, 1.82) is 0 Å². The largest absolute Gasteiger partial charge is 0.459 e. The Morgan fingerprint density at radius 1 is 1.07 bits per heavy atom. The Morgan fingerprint density at radius 2 is 1.71 bits per heavy atom. The SMILES string of the molecule is C[C@H](NS(=O)(=O)c1ccccc1F)C(=O)N1CCN(C(=O)c2ccco2)CC1. The first kappa shape index (κ1) is 20.0. The predicted octanol–water partition coefficient (Wildman–Crippen LogP) is 1.07. The van der Waals surface area contributed by atoms with Crippen LogP contribution in [-0.4, -0.2) is 62.3 Å².